The zero-order valence-corrected chi connectivity index (χ0v) is 15.3. The summed E-state index contributed by atoms with van der Waals surface area (Å²) in [6.45, 7) is 7.06. The summed E-state index contributed by atoms with van der Waals surface area (Å²) >= 11 is 1.92. The van der Waals surface area contributed by atoms with Gasteiger partial charge in [-0.3, -0.25) is 14.5 Å². The Bertz CT molecular complexity index is 528. The molecule has 0 spiro atoms. The molecule has 1 aliphatic rings. The molecule has 5 nitrogen and oxygen atoms in total. The Morgan fingerprint density at radius 2 is 1.79 bits per heavy atom. The zero-order chi connectivity index (χ0) is 17.4. The number of rotatable bonds is 7. The fourth-order valence-corrected chi connectivity index (χ4v) is 3.88. The van der Waals surface area contributed by atoms with Crippen LogP contribution in [0.5, 0.6) is 0 Å². The van der Waals surface area contributed by atoms with Crippen molar-refractivity contribution < 1.29 is 9.59 Å². The Labute approximate surface area is 148 Å². The second-order valence-corrected chi connectivity index (χ2v) is 6.97. The van der Waals surface area contributed by atoms with Gasteiger partial charge >= 0.3 is 0 Å². The number of hydrogen-bond donors (Lipinski definition) is 1. The molecule has 1 atom stereocenters. The third-order valence-electron chi connectivity index (χ3n) is 4.30. The maximum absolute atomic E-state index is 12.8. The van der Waals surface area contributed by atoms with E-state index >= 15 is 0 Å². The molecule has 1 aromatic rings. The lowest BCUT2D eigenvalue weighted by atomic mass is 10.0. The molecule has 0 aromatic heterocycles. The molecule has 1 aromatic carbocycles. The highest BCUT2D eigenvalue weighted by atomic mass is 32.2. The third kappa shape index (κ3) is 4.98. The van der Waals surface area contributed by atoms with E-state index in [1.54, 1.807) is 4.90 Å². The Morgan fingerprint density at radius 3 is 2.38 bits per heavy atom. The predicted octanol–water partition coefficient (Wildman–Crippen LogP) is 1.76. The molecule has 0 bridgehead atoms. The topological polar surface area (TPSA) is 52.7 Å². The first-order valence-electron chi connectivity index (χ1n) is 8.59. The van der Waals surface area contributed by atoms with Gasteiger partial charge in [0.05, 0.1) is 6.54 Å². The molecule has 24 heavy (non-hydrogen) atoms. The van der Waals surface area contributed by atoms with Crippen LogP contribution in [-0.2, 0) is 9.59 Å². The summed E-state index contributed by atoms with van der Waals surface area (Å²) in [4.78, 5) is 28.9. The highest BCUT2D eigenvalue weighted by molar-refractivity contribution is 7.99. The van der Waals surface area contributed by atoms with E-state index in [0.29, 0.717) is 13.1 Å². The molecule has 0 saturated carbocycles. The summed E-state index contributed by atoms with van der Waals surface area (Å²) in [5.41, 5.74) is 0.984. The summed E-state index contributed by atoms with van der Waals surface area (Å²) < 4.78 is 0. The highest BCUT2D eigenvalue weighted by Gasteiger charge is 2.29. The quantitative estimate of drug-likeness (QED) is 0.815. The van der Waals surface area contributed by atoms with E-state index in [1.165, 1.54) is 0 Å². The number of nitrogens with one attached hydrogen (secondary N) is 1. The summed E-state index contributed by atoms with van der Waals surface area (Å²) in [6, 6.07) is 9.51. The van der Waals surface area contributed by atoms with Gasteiger partial charge in [0, 0.05) is 37.7 Å². The molecule has 1 fully saturated rings. The van der Waals surface area contributed by atoms with E-state index in [-0.39, 0.29) is 24.4 Å². The molecule has 132 valence electrons. The van der Waals surface area contributed by atoms with Crippen molar-refractivity contribution in [2.45, 2.75) is 19.9 Å². The molecule has 2 rings (SSSR count). The molecule has 1 saturated heterocycles. The minimum atomic E-state index is -0.323. The van der Waals surface area contributed by atoms with Crippen LogP contribution in [-0.4, -0.2) is 65.8 Å². The maximum atomic E-state index is 12.8. The van der Waals surface area contributed by atoms with Crippen LogP contribution in [0.3, 0.4) is 0 Å². The van der Waals surface area contributed by atoms with Crippen LogP contribution in [0, 0.1) is 0 Å². The van der Waals surface area contributed by atoms with Crippen molar-refractivity contribution in [3.63, 3.8) is 0 Å². The average Bonchev–Trinajstić information content (AvgIpc) is 2.63. The van der Waals surface area contributed by atoms with Gasteiger partial charge in [-0.1, -0.05) is 30.3 Å². The van der Waals surface area contributed by atoms with Gasteiger partial charge in [-0.05, 0) is 19.4 Å². The number of amides is 2. The molecular weight excluding hydrogens is 322 g/mol. The van der Waals surface area contributed by atoms with Gasteiger partial charge in [-0.25, -0.2) is 0 Å². The summed E-state index contributed by atoms with van der Waals surface area (Å²) in [6.07, 6.45) is 0. The minimum Gasteiger partial charge on any atom is -0.345 e. The van der Waals surface area contributed by atoms with Crippen LogP contribution in [0.2, 0.25) is 0 Å². The molecule has 1 heterocycles. The monoisotopic (exact) mass is 349 g/mol. The molecule has 0 aliphatic carbocycles. The first-order valence-corrected chi connectivity index (χ1v) is 9.75. The lowest BCUT2D eigenvalue weighted by Crippen LogP contribution is -2.47. The van der Waals surface area contributed by atoms with Crippen LogP contribution >= 0.6 is 11.8 Å². The number of thioether (sulfide) groups is 1. The molecule has 6 heteroatoms. The first-order chi connectivity index (χ1) is 11.7. The third-order valence-corrected chi connectivity index (χ3v) is 5.25. The molecule has 0 radical (unpaired) electrons. The van der Waals surface area contributed by atoms with Crippen LogP contribution < -0.4 is 5.32 Å². The Morgan fingerprint density at radius 1 is 1.17 bits per heavy atom. The number of nitrogens with zero attached hydrogens (tertiary/aromatic N) is 2. The fourth-order valence-electron chi connectivity index (χ4n) is 2.95. The van der Waals surface area contributed by atoms with Crippen molar-refractivity contribution in [3.8, 4) is 0 Å². The van der Waals surface area contributed by atoms with Crippen molar-refractivity contribution in [1.29, 1.82) is 0 Å². The fraction of sp³-hybridized carbons (Fsp3) is 0.556. The van der Waals surface area contributed by atoms with Gasteiger partial charge < -0.3 is 10.2 Å². The first kappa shape index (κ1) is 18.8. The number of carbonyl (C=O) groups excluding carboxylic acids is 2. The lowest BCUT2D eigenvalue weighted by Gasteiger charge is -2.33. The Kier molecular flexibility index (Phi) is 7.59. The molecule has 1 N–H and O–H groups in total. The van der Waals surface area contributed by atoms with Crippen LogP contribution in [0.4, 0.5) is 0 Å². The number of likely N-dealkylation sites (N-methyl/N-ethyl adjacent to an activating group) is 1. The second kappa shape index (κ2) is 9.69. The number of hydrogen-bond acceptors (Lipinski definition) is 4. The van der Waals surface area contributed by atoms with Crippen LogP contribution in [0.1, 0.15) is 25.5 Å². The van der Waals surface area contributed by atoms with Gasteiger partial charge in [-0.15, -0.1) is 0 Å². The van der Waals surface area contributed by atoms with Crippen molar-refractivity contribution >= 4 is 23.6 Å². The van der Waals surface area contributed by atoms with E-state index in [1.807, 2.05) is 55.9 Å². The number of benzene rings is 1. The lowest BCUT2D eigenvalue weighted by molar-refractivity contribution is -0.134. The van der Waals surface area contributed by atoms with E-state index in [2.05, 4.69) is 10.2 Å². The van der Waals surface area contributed by atoms with Crippen molar-refractivity contribution in [1.82, 2.24) is 15.1 Å². The van der Waals surface area contributed by atoms with E-state index < -0.39 is 0 Å². The number of carbonyl (C=O) groups is 2. The van der Waals surface area contributed by atoms with Gasteiger partial charge in [0.25, 0.3) is 0 Å². The van der Waals surface area contributed by atoms with Crippen LogP contribution in [0.25, 0.3) is 0 Å². The van der Waals surface area contributed by atoms with Crippen molar-refractivity contribution in [3.05, 3.63) is 35.9 Å². The van der Waals surface area contributed by atoms with Gasteiger partial charge in [-0.2, -0.15) is 11.8 Å². The highest BCUT2D eigenvalue weighted by Crippen LogP contribution is 2.24. The summed E-state index contributed by atoms with van der Waals surface area (Å²) in [5, 5.41) is 2.85. The smallest absolute Gasteiger partial charge is 0.242 e. The Balaban J connectivity index is 2.06. The van der Waals surface area contributed by atoms with Gasteiger partial charge in [0.15, 0.2) is 0 Å². The van der Waals surface area contributed by atoms with Crippen molar-refractivity contribution in [2.75, 3.05) is 44.2 Å². The summed E-state index contributed by atoms with van der Waals surface area (Å²) in [7, 11) is 0. The largest absolute Gasteiger partial charge is 0.345 e. The minimum absolute atomic E-state index is 0.0330. The summed E-state index contributed by atoms with van der Waals surface area (Å²) in [5.74, 6) is 1.95. The standard InChI is InChI=1S/C18H27N3O2S/c1-3-20(4-2)16(22)14-19-18(23)17(15-8-6-5-7-9-15)21-10-12-24-13-11-21/h5-9,17H,3-4,10-14H2,1-2H3,(H,19,23)/t17-/m1/s1. The SMILES string of the molecule is CCN(CC)C(=O)CNC(=O)[C@@H](c1ccccc1)N1CCSCC1. The second-order valence-electron chi connectivity index (χ2n) is 5.75. The zero-order valence-electron chi connectivity index (χ0n) is 14.5. The van der Waals surface area contributed by atoms with E-state index in [4.69, 9.17) is 0 Å². The molecule has 1 aliphatic heterocycles. The molecule has 2 amide bonds. The van der Waals surface area contributed by atoms with Gasteiger partial charge in [0.1, 0.15) is 6.04 Å². The Hall–Kier alpha value is -1.53. The average molecular weight is 350 g/mol. The molecular formula is C18H27N3O2S. The predicted molar refractivity (Wildman–Crippen MR) is 99.0 cm³/mol. The van der Waals surface area contributed by atoms with Crippen LogP contribution in [0.15, 0.2) is 30.3 Å². The molecule has 0 unspecified atom stereocenters. The van der Waals surface area contributed by atoms with E-state index in [0.717, 1.165) is 30.2 Å². The van der Waals surface area contributed by atoms with Gasteiger partial charge in [0.2, 0.25) is 11.8 Å². The van der Waals surface area contributed by atoms with Crippen molar-refractivity contribution in [2.24, 2.45) is 0 Å². The normalized spacial score (nSPS) is 16.4. The van der Waals surface area contributed by atoms with E-state index in [9.17, 15) is 9.59 Å². The maximum Gasteiger partial charge on any atom is 0.242 e.